The van der Waals surface area contributed by atoms with E-state index in [0.717, 1.165) is 5.56 Å². The summed E-state index contributed by atoms with van der Waals surface area (Å²) >= 11 is 0. The predicted molar refractivity (Wildman–Crippen MR) is 63.6 cm³/mol. The van der Waals surface area contributed by atoms with Gasteiger partial charge in [-0.2, -0.15) is 5.26 Å². The van der Waals surface area contributed by atoms with Gasteiger partial charge in [0.2, 0.25) is 10.0 Å². The molecular formula is C11H14N2O2S. The van der Waals surface area contributed by atoms with E-state index in [1.54, 1.807) is 18.2 Å². The number of benzene rings is 1. The van der Waals surface area contributed by atoms with Crippen LogP contribution in [0.4, 0.5) is 5.69 Å². The molecule has 0 saturated carbocycles. The Kier molecular flexibility index (Phi) is 3.91. The molecule has 0 aliphatic rings. The summed E-state index contributed by atoms with van der Waals surface area (Å²) in [7, 11) is -3.55. The zero-order chi connectivity index (χ0) is 12.2. The summed E-state index contributed by atoms with van der Waals surface area (Å²) in [4.78, 5) is 0. The highest BCUT2D eigenvalue weighted by Crippen LogP contribution is 2.24. The first-order valence-corrected chi connectivity index (χ1v) is 6.58. The van der Waals surface area contributed by atoms with Crippen LogP contribution in [-0.4, -0.2) is 14.2 Å². The second-order valence-corrected chi connectivity index (χ2v) is 5.48. The van der Waals surface area contributed by atoms with Gasteiger partial charge in [0.1, 0.15) is 0 Å². The van der Waals surface area contributed by atoms with Crippen molar-refractivity contribution in [2.24, 2.45) is 0 Å². The minimum atomic E-state index is -3.55. The fourth-order valence-corrected chi connectivity index (χ4v) is 2.15. The van der Waals surface area contributed by atoms with Crippen molar-refractivity contribution < 1.29 is 8.42 Å². The first-order chi connectivity index (χ1) is 7.46. The molecule has 0 unspecified atom stereocenters. The lowest BCUT2D eigenvalue weighted by molar-refractivity contribution is 0.604. The zero-order valence-corrected chi connectivity index (χ0v) is 10.1. The Bertz CT molecular complexity index is 501. The monoisotopic (exact) mass is 238 g/mol. The zero-order valence-electron chi connectivity index (χ0n) is 9.27. The standard InChI is InChI=1S/C11H14N2O2S/c1-9(2)10-5-3-4-6-11(10)13-16(14,15)8-7-12/h3-6,9,13H,8H2,1-2H3. The number of hydrogen-bond donors (Lipinski definition) is 1. The molecule has 0 heterocycles. The number of sulfonamides is 1. The fraction of sp³-hybridized carbons (Fsp3) is 0.364. The maximum atomic E-state index is 11.4. The van der Waals surface area contributed by atoms with Gasteiger partial charge in [0.05, 0.1) is 11.8 Å². The molecular weight excluding hydrogens is 224 g/mol. The Morgan fingerprint density at radius 2 is 2.00 bits per heavy atom. The number of hydrogen-bond acceptors (Lipinski definition) is 3. The minimum absolute atomic E-state index is 0.223. The van der Waals surface area contributed by atoms with Gasteiger partial charge >= 0.3 is 0 Å². The highest BCUT2D eigenvalue weighted by Gasteiger charge is 2.13. The smallest absolute Gasteiger partial charge is 0.246 e. The van der Waals surface area contributed by atoms with E-state index in [1.807, 2.05) is 26.0 Å². The van der Waals surface area contributed by atoms with E-state index < -0.39 is 15.8 Å². The molecule has 1 rings (SSSR count). The summed E-state index contributed by atoms with van der Waals surface area (Å²) in [5.41, 5.74) is 1.47. The molecule has 1 aromatic rings. The molecule has 0 aliphatic carbocycles. The van der Waals surface area contributed by atoms with Crippen LogP contribution < -0.4 is 4.72 Å². The first kappa shape index (κ1) is 12.5. The van der Waals surface area contributed by atoms with Crippen molar-refractivity contribution in [3.8, 4) is 6.07 Å². The lowest BCUT2D eigenvalue weighted by Crippen LogP contribution is -2.16. The molecule has 0 saturated heterocycles. The second-order valence-electron chi connectivity index (χ2n) is 3.76. The number of nitrogens with one attached hydrogen (secondary N) is 1. The lowest BCUT2D eigenvalue weighted by atomic mass is 10.0. The van der Waals surface area contributed by atoms with E-state index in [2.05, 4.69) is 4.72 Å². The predicted octanol–water partition coefficient (Wildman–Crippen LogP) is 2.08. The van der Waals surface area contributed by atoms with Crippen LogP contribution in [0.3, 0.4) is 0 Å². The van der Waals surface area contributed by atoms with Crippen molar-refractivity contribution >= 4 is 15.7 Å². The highest BCUT2D eigenvalue weighted by atomic mass is 32.2. The average molecular weight is 238 g/mol. The topological polar surface area (TPSA) is 70.0 Å². The van der Waals surface area contributed by atoms with Crippen LogP contribution in [0.5, 0.6) is 0 Å². The third-order valence-corrected chi connectivity index (χ3v) is 3.14. The van der Waals surface area contributed by atoms with Crippen molar-refractivity contribution in [1.29, 1.82) is 5.26 Å². The van der Waals surface area contributed by atoms with E-state index in [-0.39, 0.29) is 5.92 Å². The molecule has 0 fully saturated rings. The van der Waals surface area contributed by atoms with Gasteiger partial charge in [-0.3, -0.25) is 4.72 Å². The third-order valence-electron chi connectivity index (χ3n) is 2.10. The van der Waals surface area contributed by atoms with Gasteiger partial charge in [0.25, 0.3) is 0 Å². The van der Waals surface area contributed by atoms with Crippen molar-refractivity contribution in [2.45, 2.75) is 19.8 Å². The molecule has 0 bridgehead atoms. The molecule has 0 radical (unpaired) electrons. The van der Waals surface area contributed by atoms with Crippen molar-refractivity contribution in [2.75, 3.05) is 10.5 Å². The van der Waals surface area contributed by atoms with Crippen LogP contribution in [0.15, 0.2) is 24.3 Å². The van der Waals surface area contributed by atoms with E-state index in [9.17, 15) is 8.42 Å². The van der Waals surface area contributed by atoms with Crippen LogP contribution in [0.25, 0.3) is 0 Å². The third kappa shape index (κ3) is 3.24. The summed E-state index contributed by atoms with van der Waals surface area (Å²) in [5, 5.41) is 8.39. The molecule has 1 N–H and O–H groups in total. The van der Waals surface area contributed by atoms with Gasteiger partial charge in [-0.15, -0.1) is 0 Å². The van der Waals surface area contributed by atoms with E-state index in [1.165, 1.54) is 0 Å². The first-order valence-electron chi connectivity index (χ1n) is 4.92. The molecule has 5 heteroatoms. The average Bonchev–Trinajstić information content (AvgIpc) is 2.17. The summed E-state index contributed by atoms with van der Waals surface area (Å²) in [6, 6.07) is 8.81. The van der Waals surface area contributed by atoms with Gasteiger partial charge in [-0.05, 0) is 17.5 Å². The van der Waals surface area contributed by atoms with Gasteiger partial charge in [-0.1, -0.05) is 32.0 Å². The van der Waals surface area contributed by atoms with Crippen LogP contribution in [0, 0.1) is 11.3 Å². The molecule has 1 aromatic carbocycles. The molecule has 4 nitrogen and oxygen atoms in total. The van der Waals surface area contributed by atoms with Crippen LogP contribution in [0.2, 0.25) is 0 Å². The lowest BCUT2D eigenvalue weighted by Gasteiger charge is -2.13. The normalized spacial score (nSPS) is 11.1. The summed E-state index contributed by atoms with van der Waals surface area (Å²) < 4.78 is 25.3. The number of nitriles is 1. The quantitative estimate of drug-likeness (QED) is 0.873. The SMILES string of the molecule is CC(C)c1ccccc1NS(=O)(=O)CC#N. The molecule has 0 atom stereocenters. The van der Waals surface area contributed by atoms with Crippen LogP contribution in [0.1, 0.15) is 25.3 Å². The molecule has 0 aliphatic heterocycles. The number of anilines is 1. The summed E-state index contributed by atoms with van der Waals surface area (Å²) in [5.74, 6) is -0.305. The van der Waals surface area contributed by atoms with Gasteiger partial charge in [0.15, 0.2) is 5.75 Å². The Balaban J connectivity index is 3.03. The second kappa shape index (κ2) is 4.99. The number of nitrogens with zero attached hydrogens (tertiary/aromatic N) is 1. The fourth-order valence-electron chi connectivity index (χ4n) is 1.38. The molecule has 16 heavy (non-hydrogen) atoms. The van der Waals surface area contributed by atoms with Crippen molar-refractivity contribution in [3.05, 3.63) is 29.8 Å². The Labute approximate surface area is 96.0 Å². The molecule has 86 valence electrons. The molecule has 0 spiro atoms. The van der Waals surface area contributed by atoms with Crippen molar-refractivity contribution in [1.82, 2.24) is 0 Å². The summed E-state index contributed by atoms with van der Waals surface area (Å²) in [6.07, 6.45) is 0. The van der Waals surface area contributed by atoms with Crippen molar-refractivity contribution in [3.63, 3.8) is 0 Å². The maximum Gasteiger partial charge on any atom is 0.246 e. The number of rotatable bonds is 4. The van der Waals surface area contributed by atoms with Crippen LogP contribution in [-0.2, 0) is 10.0 Å². The van der Waals surface area contributed by atoms with Gasteiger partial charge in [0, 0.05) is 0 Å². The summed E-state index contributed by atoms with van der Waals surface area (Å²) in [6.45, 7) is 3.97. The maximum absolute atomic E-state index is 11.4. The van der Waals surface area contributed by atoms with Crippen LogP contribution >= 0.6 is 0 Å². The van der Waals surface area contributed by atoms with E-state index >= 15 is 0 Å². The minimum Gasteiger partial charge on any atom is -0.282 e. The largest absolute Gasteiger partial charge is 0.282 e. The number of para-hydroxylation sites is 1. The van der Waals surface area contributed by atoms with E-state index in [0.29, 0.717) is 5.69 Å². The Morgan fingerprint density at radius 3 is 2.56 bits per heavy atom. The Morgan fingerprint density at radius 1 is 1.38 bits per heavy atom. The molecule has 0 amide bonds. The van der Waals surface area contributed by atoms with Gasteiger partial charge in [-0.25, -0.2) is 8.42 Å². The Hall–Kier alpha value is -1.54. The molecule has 0 aromatic heterocycles. The van der Waals surface area contributed by atoms with E-state index in [4.69, 9.17) is 5.26 Å². The highest BCUT2D eigenvalue weighted by molar-refractivity contribution is 7.92. The van der Waals surface area contributed by atoms with Gasteiger partial charge < -0.3 is 0 Å².